The SMILES string of the molecule is O=S(O)c1ccccc1SC1CCCC1. The van der Waals surface area contributed by atoms with Crippen LogP contribution in [0.3, 0.4) is 0 Å². The van der Waals surface area contributed by atoms with Crippen molar-refractivity contribution in [2.45, 2.75) is 40.7 Å². The minimum absolute atomic E-state index is 0.550. The molecule has 1 aliphatic rings. The second kappa shape index (κ2) is 5.14. The number of rotatable bonds is 3. The standard InChI is InChI=1S/C11H14O2S2/c12-15(13)11-8-4-3-7-10(11)14-9-5-1-2-6-9/h3-4,7-9H,1-2,5-6H2,(H,12,13). The van der Waals surface area contributed by atoms with Gasteiger partial charge in [-0.3, -0.25) is 0 Å². The Bertz CT molecular complexity index is 359. The van der Waals surface area contributed by atoms with Gasteiger partial charge in [0.25, 0.3) is 0 Å². The van der Waals surface area contributed by atoms with Gasteiger partial charge in [0.15, 0.2) is 11.1 Å². The smallest absolute Gasteiger partial charge is 0.187 e. The first-order valence-electron chi connectivity index (χ1n) is 5.14. The first-order valence-corrected chi connectivity index (χ1v) is 7.12. The third-order valence-corrected chi connectivity index (χ3v) is 4.91. The number of benzene rings is 1. The van der Waals surface area contributed by atoms with Crippen molar-refractivity contribution in [2.75, 3.05) is 0 Å². The van der Waals surface area contributed by atoms with E-state index in [1.165, 1.54) is 25.7 Å². The van der Waals surface area contributed by atoms with Gasteiger partial charge < -0.3 is 4.55 Å². The fraction of sp³-hybridized carbons (Fsp3) is 0.455. The molecule has 1 fully saturated rings. The van der Waals surface area contributed by atoms with Crippen molar-refractivity contribution in [3.8, 4) is 0 Å². The summed E-state index contributed by atoms with van der Waals surface area (Å²) >= 11 is -0.108. The Morgan fingerprint density at radius 1 is 1.27 bits per heavy atom. The molecule has 0 saturated heterocycles. The van der Waals surface area contributed by atoms with Gasteiger partial charge in [-0.15, -0.1) is 11.8 Å². The molecule has 0 heterocycles. The zero-order valence-corrected chi connectivity index (χ0v) is 10.0. The van der Waals surface area contributed by atoms with Crippen molar-refractivity contribution < 1.29 is 8.76 Å². The van der Waals surface area contributed by atoms with Crippen molar-refractivity contribution >= 4 is 22.8 Å². The van der Waals surface area contributed by atoms with Crippen LogP contribution in [-0.4, -0.2) is 14.0 Å². The van der Waals surface area contributed by atoms with Gasteiger partial charge in [0.1, 0.15) is 0 Å². The van der Waals surface area contributed by atoms with Crippen LogP contribution in [0.25, 0.3) is 0 Å². The Morgan fingerprint density at radius 3 is 2.60 bits per heavy atom. The quantitative estimate of drug-likeness (QED) is 0.826. The summed E-state index contributed by atoms with van der Waals surface area (Å²) in [7, 11) is 0. The van der Waals surface area contributed by atoms with Crippen LogP contribution in [-0.2, 0) is 11.1 Å². The average Bonchev–Trinajstić information content (AvgIpc) is 2.71. The van der Waals surface area contributed by atoms with Gasteiger partial charge >= 0.3 is 0 Å². The molecule has 2 nitrogen and oxygen atoms in total. The van der Waals surface area contributed by atoms with E-state index in [0.29, 0.717) is 10.1 Å². The molecule has 0 amide bonds. The summed E-state index contributed by atoms with van der Waals surface area (Å²) in [6, 6.07) is 7.40. The summed E-state index contributed by atoms with van der Waals surface area (Å²) in [5.74, 6) is 0. The third-order valence-electron chi connectivity index (χ3n) is 2.63. The van der Waals surface area contributed by atoms with Crippen LogP contribution in [0.4, 0.5) is 0 Å². The molecule has 1 unspecified atom stereocenters. The van der Waals surface area contributed by atoms with Gasteiger partial charge in [0, 0.05) is 10.1 Å². The summed E-state index contributed by atoms with van der Waals surface area (Å²) < 4.78 is 20.2. The second-order valence-corrected chi connectivity index (χ2v) is 6.00. The van der Waals surface area contributed by atoms with Crippen LogP contribution < -0.4 is 0 Å². The van der Waals surface area contributed by atoms with Crippen LogP contribution in [0.5, 0.6) is 0 Å². The lowest BCUT2D eigenvalue weighted by Gasteiger charge is -2.10. The highest BCUT2D eigenvalue weighted by Gasteiger charge is 2.18. The van der Waals surface area contributed by atoms with Crippen molar-refractivity contribution in [2.24, 2.45) is 0 Å². The summed E-state index contributed by atoms with van der Waals surface area (Å²) in [4.78, 5) is 1.51. The molecule has 4 heteroatoms. The van der Waals surface area contributed by atoms with E-state index < -0.39 is 11.1 Å². The van der Waals surface area contributed by atoms with Gasteiger partial charge in [-0.05, 0) is 25.0 Å². The van der Waals surface area contributed by atoms with Crippen LogP contribution in [0.2, 0.25) is 0 Å². The van der Waals surface area contributed by atoms with E-state index in [4.69, 9.17) is 4.55 Å². The predicted octanol–water partition coefficient (Wildman–Crippen LogP) is 3.30. The lowest BCUT2D eigenvalue weighted by atomic mass is 10.4. The first-order chi connectivity index (χ1) is 7.27. The molecule has 1 atom stereocenters. The van der Waals surface area contributed by atoms with Crippen LogP contribution in [0, 0.1) is 0 Å². The minimum Gasteiger partial charge on any atom is -0.302 e. The number of hydrogen-bond acceptors (Lipinski definition) is 2. The largest absolute Gasteiger partial charge is 0.302 e. The molecule has 1 aromatic carbocycles. The predicted molar refractivity (Wildman–Crippen MR) is 63.6 cm³/mol. The monoisotopic (exact) mass is 242 g/mol. The number of thioether (sulfide) groups is 1. The maximum absolute atomic E-state index is 11.1. The van der Waals surface area contributed by atoms with Crippen LogP contribution in [0.1, 0.15) is 25.7 Å². The van der Waals surface area contributed by atoms with Gasteiger partial charge in [-0.1, -0.05) is 25.0 Å². The van der Waals surface area contributed by atoms with E-state index in [0.717, 1.165) is 4.90 Å². The highest BCUT2D eigenvalue weighted by Crippen LogP contribution is 2.36. The molecule has 1 N–H and O–H groups in total. The molecule has 82 valence electrons. The van der Waals surface area contributed by atoms with Crippen LogP contribution in [0.15, 0.2) is 34.1 Å². The summed E-state index contributed by atoms with van der Waals surface area (Å²) in [5, 5.41) is 0.634. The lowest BCUT2D eigenvalue weighted by molar-refractivity contribution is 0.562. The zero-order valence-electron chi connectivity index (χ0n) is 8.39. The Labute approximate surface area is 96.8 Å². The van der Waals surface area contributed by atoms with Gasteiger partial charge in [-0.2, -0.15) is 0 Å². The van der Waals surface area contributed by atoms with E-state index in [9.17, 15) is 4.21 Å². The molecule has 1 aromatic rings. The fourth-order valence-corrected chi connectivity index (χ4v) is 3.94. The summed E-state index contributed by atoms with van der Waals surface area (Å²) in [5.41, 5.74) is 0. The molecule has 0 bridgehead atoms. The highest BCUT2D eigenvalue weighted by atomic mass is 32.2. The molecular weight excluding hydrogens is 228 g/mol. The molecule has 0 spiro atoms. The zero-order chi connectivity index (χ0) is 10.7. The summed E-state index contributed by atoms with van der Waals surface area (Å²) in [6.45, 7) is 0. The van der Waals surface area contributed by atoms with Crippen LogP contribution >= 0.6 is 11.8 Å². The Hall–Kier alpha value is -0.320. The third kappa shape index (κ3) is 2.83. The van der Waals surface area contributed by atoms with Crippen molar-refractivity contribution in [3.05, 3.63) is 24.3 Å². The average molecular weight is 242 g/mol. The summed E-state index contributed by atoms with van der Waals surface area (Å²) in [6.07, 6.45) is 5.05. The van der Waals surface area contributed by atoms with Gasteiger partial charge in [0.2, 0.25) is 0 Å². The van der Waals surface area contributed by atoms with E-state index in [2.05, 4.69) is 0 Å². The Balaban J connectivity index is 2.15. The molecule has 2 rings (SSSR count). The Morgan fingerprint density at radius 2 is 1.93 bits per heavy atom. The lowest BCUT2D eigenvalue weighted by Crippen LogP contribution is -1.97. The van der Waals surface area contributed by atoms with Crippen molar-refractivity contribution in [3.63, 3.8) is 0 Å². The van der Waals surface area contributed by atoms with E-state index in [1.54, 1.807) is 17.8 Å². The Kier molecular flexibility index (Phi) is 3.83. The van der Waals surface area contributed by atoms with Gasteiger partial charge in [0.05, 0.1) is 4.90 Å². The van der Waals surface area contributed by atoms with Crippen molar-refractivity contribution in [1.82, 2.24) is 0 Å². The molecule has 1 aliphatic carbocycles. The van der Waals surface area contributed by atoms with E-state index in [1.807, 2.05) is 18.2 Å². The first kappa shape index (κ1) is 11.2. The highest BCUT2D eigenvalue weighted by molar-refractivity contribution is 8.00. The van der Waals surface area contributed by atoms with E-state index >= 15 is 0 Å². The molecule has 0 aromatic heterocycles. The molecular formula is C11H14O2S2. The van der Waals surface area contributed by atoms with Gasteiger partial charge in [-0.25, -0.2) is 4.21 Å². The molecule has 0 radical (unpaired) electrons. The topological polar surface area (TPSA) is 37.3 Å². The molecule has 0 aliphatic heterocycles. The molecule has 1 saturated carbocycles. The van der Waals surface area contributed by atoms with E-state index in [-0.39, 0.29) is 0 Å². The normalized spacial score (nSPS) is 19.3. The number of hydrogen-bond donors (Lipinski definition) is 1. The fourth-order valence-electron chi connectivity index (χ4n) is 1.88. The maximum Gasteiger partial charge on any atom is 0.187 e. The second-order valence-electron chi connectivity index (χ2n) is 3.72. The maximum atomic E-state index is 11.1. The minimum atomic E-state index is -1.86. The molecule has 15 heavy (non-hydrogen) atoms. The van der Waals surface area contributed by atoms with Crippen molar-refractivity contribution in [1.29, 1.82) is 0 Å².